The highest BCUT2D eigenvalue weighted by Gasteiger charge is 2.35. The lowest BCUT2D eigenvalue weighted by molar-refractivity contribution is -0.141. The second kappa shape index (κ2) is 5.32. The Hall–Kier alpha value is -1.91. The number of hydrogen-bond donors (Lipinski definition) is 0. The first kappa shape index (κ1) is 16.0. The smallest absolute Gasteiger partial charge is 0.337 e. The second-order valence-corrected chi connectivity index (χ2v) is 7.67. The summed E-state index contributed by atoms with van der Waals surface area (Å²) in [6.07, 6.45) is -2.93. The molecule has 0 bridgehead atoms. The predicted octanol–water partition coefficient (Wildman–Crippen LogP) is 1.80. The summed E-state index contributed by atoms with van der Waals surface area (Å²) < 4.78 is 66.8. The molecule has 3 heterocycles. The van der Waals surface area contributed by atoms with Gasteiger partial charge in [-0.3, -0.25) is 4.68 Å². The fourth-order valence-corrected chi connectivity index (χ4v) is 4.14. The van der Waals surface area contributed by atoms with E-state index < -0.39 is 27.7 Å². The van der Waals surface area contributed by atoms with E-state index in [9.17, 15) is 21.6 Å². The molecule has 11 heteroatoms. The van der Waals surface area contributed by atoms with Crippen molar-refractivity contribution in [2.75, 3.05) is 11.5 Å². The van der Waals surface area contributed by atoms with Crippen molar-refractivity contribution in [3.63, 3.8) is 0 Å². The molecule has 0 saturated carbocycles. The first-order valence-electron chi connectivity index (χ1n) is 6.82. The number of sulfone groups is 1. The normalized spacial score (nSPS) is 22.3. The van der Waals surface area contributed by atoms with Crippen LogP contribution in [-0.4, -0.2) is 39.8 Å². The molecule has 7 nitrogen and oxygen atoms in total. The van der Waals surface area contributed by atoms with Gasteiger partial charge in [0.1, 0.15) is 6.04 Å². The molecule has 126 valence electrons. The van der Waals surface area contributed by atoms with Crippen molar-refractivity contribution in [1.29, 1.82) is 0 Å². The molecule has 0 amide bonds. The molecule has 0 spiro atoms. The number of rotatable bonds is 3. The average molecular weight is 350 g/mol. The molecule has 2 aromatic heterocycles. The third-order valence-electron chi connectivity index (χ3n) is 3.71. The van der Waals surface area contributed by atoms with Gasteiger partial charge in [-0.15, -0.1) is 0 Å². The SMILES string of the molecule is CC(c1nc(C2CCS(=O)(=O)C2)no1)n1ccc(C(F)(F)F)n1. The van der Waals surface area contributed by atoms with Gasteiger partial charge in [-0.1, -0.05) is 5.16 Å². The summed E-state index contributed by atoms with van der Waals surface area (Å²) in [6.45, 7) is 1.57. The van der Waals surface area contributed by atoms with Crippen molar-refractivity contribution in [3.05, 3.63) is 29.7 Å². The maximum absolute atomic E-state index is 12.6. The quantitative estimate of drug-likeness (QED) is 0.838. The van der Waals surface area contributed by atoms with E-state index in [2.05, 4.69) is 15.2 Å². The maximum Gasteiger partial charge on any atom is 0.435 e. The van der Waals surface area contributed by atoms with E-state index in [0.29, 0.717) is 6.42 Å². The maximum atomic E-state index is 12.6. The van der Waals surface area contributed by atoms with Crippen molar-refractivity contribution in [1.82, 2.24) is 19.9 Å². The Morgan fingerprint density at radius 1 is 1.43 bits per heavy atom. The van der Waals surface area contributed by atoms with Crippen molar-refractivity contribution < 1.29 is 26.1 Å². The van der Waals surface area contributed by atoms with Crippen molar-refractivity contribution in [2.45, 2.75) is 31.5 Å². The number of aromatic nitrogens is 4. The highest BCUT2D eigenvalue weighted by Crippen LogP contribution is 2.30. The highest BCUT2D eigenvalue weighted by molar-refractivity contribution is 7.91. The van der Waals surface area contributed by atoms with Gasteiger partial charge in [-0.2, -0.15) is 23.3 Å². The van der Waals surface area contributed by atoms with Gasteiger partial charge in [0, 0.05) is 12.1 Å². The van der Waals surface area contributed by atoms with Crippen LogP contribution in [0.1, 0.15) is 42.7 Å². The molecule has 1 saturated heterocycles. The lowest BCUT2D eigenvalue weighted by Crippen LogP contribution is -2.12. The summed E-state index contributed by atoms with van der Waals surface area (Å²) >= 11 is 0. The van der Waals surface area contributed by atoms with Gasteiger partial charge in [0.15, 0.2) is 21.4 Å². The van der Waals surface area contributed by atoms with E-state index in [1.54, 1.807) is 6.92 Å². The lowest BCUT2D eigenvalue weighted by atomic mass is 10.1. The predicted molar refractivity (Wildman–Crippen MR) is 71.4 cm³/mol. The van der Waals surface area contributed by atoms with Crippen LogP contribution in [-0.2, 0) is 16.0 Å². The van der Waals surface area contributed by atoms with Gasteiger partial charge in [-0.25, -0.2) is 8.42 Å². The Labute approximate surface area is 129 Å². The number of alkyl halides is 3. The Balaban J connectivity index is 1.79. The zero-order valence-electron chi connectivity index (χ0n) is 12.0. The molecular weight excluding hydrogens is 337 g/mol. The minimum atomic E-state index is -4.52. The fraction of sp³-hybridized carbons (Fsp3) is 0.583. The third kappa shape index (κ3) is 3.23. The monoisotopic (exact) mass is 350 g/mol. The number of halogens is 3. The minimum Gasteiger partial charge on any atom is -0.337 e. The molecule has 0 radical (unpaired) electrons. The van der Waals surface area contributed by atoms with Crippen LogP contribution in [0.25, 0.3) is 0 Å². The first-order chi connectivity index (χ1) is 10.7. The molecule has 2 atom stereocenters. The molecule has 23 heavy (non-hydrogen) atoms. The molecule has 0 N–H and O–H groups in total. The third-order valence-corrected chi connectivity index (χ3v) is 5.48. The van der Waals surface area contributed by atoms with E-state index in [4.69, 9.17) is 4.52 Å². The highest BCUT2D eigenvalue weighted by atomic mass is 32.2. The summed E-state index contributed by atoms with van der Waals surface area (Å²) in [7, 11) is -3.08. The van der Waals surface area contributed by atoms with Crippen LogP contribution in [0.5, 0.6) is 0 Å². The largest absolute Gasteiger partial charge is 0.435 e. The average Bonchev–Trinajstić information content (AvgIpc) is 3.14. The van der Waals surface area contributed by atoms with E-state index in [0.717, 1.165) is 10.7 Å². The fourth-order valence-electron chi connectivity index (χ4n) is 2.40. The van der Waals surface area contributed by atoms with E-state index >= 15 is 0 Å². The molecule has 1 fully saturated rings. The van der Waals surface area contributed by atoms with Gasteiger partial charge in [0.05, 0.1) is 11.5 Å². The summed E-state index contributed by atoms with van der Waals surface area (Å²) in [4.78, 5) is 4.12. The van der Waals surface area contributed by atoms with Gasteiger partial charge < -0.3 is 4.52 Å². The summed E-state index contributed by atoms with van der Waals surface area (Å²) in [5, 5.41) is 7.21. The van der Waals surface area contributed by atoms with Gasteiger partial charge in [0.2, 0.25) is 0 Å². The van der Waals surface area contributed by atoms with Gasteiger partial charge >= 0.3 is 6.18 Å². The molecular formula is C12H13F3N4O3S. The molecule has 3 rings (SSSR count). The summed E-state index contributed by atoms with van der Waals surface area (Å²) in [6, 6.07) is 0.169. The Kier molecular flexibility index (Phi) is 3.69. The molecule has 0 aromatic carbocycles. The van der Waals surface area contributed by atoms with Crippen molar-refractivity contribution in [2.24, 2.45) is 0 Å². The number of hydrogen-bond acceptors (Lipinski definition) is 6. The van der Waals surface area contributed by atoms with E-state index in [1.807, 2.05) is 0 Å². The van der Waals surface area contributed by atoms with Crippen LogP contribution in [0.3, 0.4) is 0 Å². The van der Waals surface area contributed by atoms with Crippen molar-refractivity contribution in [3.8, 4) is 0 Å². The lowest BCUT2D eigenvalue weighted by Gasteiger charge is -2.07. The first-order valence-corrected chi connectivity index (χ1v) is 8.64. The Morgan fingerprint density at radius 3 is 2.74 bits per heavy atom. The zero-order chi connectivity index (χ0) is 16.8. The summed E-state index contributed by atoms with van der Waals surface area (Å²) in [5.74, 6) is 0.0382. The van der Waals surface area contributed by atoms with Gasteiger partial charge in [-0.05, 0) is 19.4 Å². The second-order valence-electron chi connectivity index (χ2n) is 5.45. The van der Waals surface area contributed by atoms with Crippen LogP contribution in [0.2, 0.25) is 0 Å². The molecule has 1 aliphatic rings. The van der Waals surface area contributed by atoms with E-state index in [1.165, 1.54) is 6.20 Å². The summed E-state index contributed by atoms with van der Waals surface area (Å²) in [5.41, 5.74) is -1.01. The molecule has 1 aliphatic heterocycles. The van der Waals surface area contributed by atoms with Crippen LogP contribution in [0.15, 0.2) is 16.8 Å². The van der Waals surface area contributed by atoms with Crippen LogP contribution in [0.4, 0.5) is 13.2 Å². The molecule has 2 aromatic rings. The van der Waals surface area contributed by atoms with Gasteiger partial charge in [0.25, 0.3) is 5.89 Å². The zero-order valence-corrected chi connectivity index (χ0v) is 12.8. The van der Waals surface area contributed by atoms with Crippen LogP contribution < -0.4 is 0 Å². The minimum absolute atomic E-state index is 0.0413. The van der Waals surface area contributed by atoms with Crippen molar-refractivity contribution >= 4 is 9.84 Å². The Bertz CT molecular complexity index is 812. The van der Waals surface area contributed by atoms with Crippen LogP contribution >= 0.6 is 0 Å². The molecule has 2 unspecified atom stereocenters. The topological polar surface area (TPSA) is 90.9 Å². The van der Waals surface area contributed by atoms with E-state index in [-0.39, 0.29) is 29.1 Å². The number of nitrogens with zero attached hydrogens (tertiary/aromatic N) is 4. The van der Waals surface area contributed by atoms with Crippen LogP contribution in [0, 0.1) is 0 Å². The standard InChI is InChI=1S/C12H13F3N4O3S/c1-7(19-4-2-9(17-19)12(13,14)15)11-16-10(18-22-11)8-3-5-23(20,21)6-8/h2,4,7-8H,3,5-6H2,1H3. The molecule has 0 aliphatic carbocycles. The Morgan fingerprint density at radius 2 is 2.17 bits per heavy atom.